The fourth-order valence-corrected chi connectivity index (χ4v) is 3.06. The molecule has 128 valence electrons. The lowest BCUT2D eigenvalue weighted by molar-refractivity contribution is 0.0923. The number of amides is 1. The van der Waals surface area contributed by atoms with Crippen LogP contribution in [0.5, 0.6) is 0 Å². The molecule has 0 spiro atoms. The minimum atomic E-state index is -0.204. The van der Waals surface area contributed by atoms with Gasteiger partial charge in [0, 0.05) is 31.7 Å². The first-order chi connectivity index (χ1) is 12.3. The number of nitrogens with zero attached hydrogens (tertiary/aromatic N) is 5. The summed E-state index contributed by atoms with van der Waals surface area (Å²) in [7, 11) is 0. The first-order valence-corrected chi connectivity index (χ1v) is 8.17. The van der Waals surface area contributed by atoms with E-state index in [1.807, 2.05) is 10.7 Å². The standard InChI is InChI=1S/C17H18N6O2/c24-16(15-3-1-10-25-15)18-8-4-13-11-22(17-19-6-2-7-20-17)12-14-5-9-21-23(13)14/h1-3,5-7,9-10,13H,4,8,11-12H2,(H,18,24). The van der Waals surface area contributed by atoms with Crippen LogP contribution in [0, 0.1) is 0 Å². The molecule has 8 heteroatoms. The van der Waals surface area contributed by atoms with E-state index in [0.29, 0.717) is 18.3 Å². The van der Waals surface area contributed by atoms with Gasteiger partial charge in [-0.15, -0.1) is 0 Å². The van der Waals surface area contributed by atoms with Crippen LogP contribution in [-0.2, 0) is 6.54 Å². The lowest BCUT2D eigenvalue weighted by Gasteiger charge is -2.33. The van der Waals surface area contributed by atoms with Crippen LogP contribution in [-0.4, -0.2) is 38.7 Å². The summed E-state index contributed by atoms with van der Waals surface area (Å²) in [5, 5.41) is 7.32. The van der Waals surface area contributed by atoms with Crippen molar-refractivity contribution in [3.63, 3.8) is 0 Å². The second kappa shape index (κ2) is 6.76. The quantitative estimate of drug-likeness (QED) is 0.761. The van der Waals surface area contributed by atoms with Crippen LogP contribution in [0.25, 0.3) is 0 Å². The number of furan rings is 1. The van der Waals surface area contributed by atoms with E-state index in [0.717, 1.165) is 25.2 Å². The van der Waals surface area contributed by atoms with Gasteiger partial charge in [-0.1, -0.05) is 0 Å². The van der Waals surface area contributed by atoms with Gasteiger partial charge in [0.05, 0.1) is 24.5 Å². The maximum atomic E-state index is 12.0. The van der Waals surface area contributed by atoms with Gasteiger partial charge in [-0.3, -0.25) is 9.48 Å². The van der Waals surface area contributed by atoms with Crippen molar-refractivity contribution in [2.24, 2.45) is 0 Å². The molecule has 0 bridgehead atoms. The zero-order valence-electron chi connectivity index (χ0n) is 13.6. The molecule has 1 atom stereocenters. The van der Waals surface area contributed by atoms with Crippen molar-refractivity contribution in [2.45, 2.75) is 19.0 Å². The van der Waals surface area contributed by atoms with Gasteiger partial charge in [0.2, 0.25) is 5.95 Å². The number of anilines is 1. The zero-order valence-corrected chi connectivity index (χ0v) is 13.6. The molecule has 4 rings (SSSR count). The highest BCUT2D eigenvalue weighted by Gasteiger charge is 2.26. The third kappa shape index (κ3) is 3.23. The highest BCUT2D eigenvalue weighted by molar-refractivity contribution is 5.91. The van der Waals surface area contributed by atoms with E-state index >= 15 is 0 Å². The van der Waals surface area contributed by atoms with Gasteiger partial charge in [-0.2, -0.15) is 5.10 Å². The first kappa shape index (κ1) is 15.4. The third-order valence-corrected chi connectivity index (χ3v) is 4.23. The van der Waals surface area contributed by atoms with Crippen molar-refractivity contribution in [3.05, 3.63) is 60.6 Å². The van der Waals surface area contributed by atoms with E-state index in [1.54, 1.807) is 36.8 Å². The number of aromatic nitrogens is 4. The topological polar surface area (TPSA) is 89.1 Å². The Labute approximate surface area is 144 Å². The minimum absolute atomic E-state index is 0.138. The van der Waals surface area contributed by atoms with Crippen LogP contribution in [0.3, 0.4) is 0 Å². The fraction of sp³-hybridized carbons (Fsp3) is 0.294. The molecular formula is C17H18N6O2. The van der Waals surface area contributed by atoms with Gasteiger partial charge < -0.3 is 14.6 Å². The molecule has 0 fully saturated rings. The summed E-state index contributed by atoms with van der Waals surface area (Å²) in [6, 6.07) is 7.29. The van der Waals surface area contributed by atoms with Crippen molar-refractivity contribution in [3.8, 4) is 0 Å². The molecule has 0 aliphatic carbocycles. The number of carbonyl (C=O) groups excluding carboxylic acids is 1. The number of rotatable bonds is 5. The Morgan fingerprint density at radius 2 is 2.12 bits per heavy atom. The second-order valence-electron chi connectivity index (χ2n) is 5.87. The molecule has 4 heterocycles. The SMILES string of the molecule is O=C(NCCC1CN(c2ncccn2)Cc2ccnn21)c1ccco1. The Morgan fingerprint density at radius 3 is 2.92 bits per heavy atom. The number of nitrogens with one attached hydrogen (secondary N) is 1. The van der Waals surface area contributed by atoms with Crippen LogP contribution >= 0.6 is 0 Å². The van der Waals surface area contributed by atoms with Gasteiger partial charge >= 0.3 is 0 Å². The molecule has 1 aliphatic rings. The summed E-state index contributed by atoms with van der Waals surface area (Å²) >= 11 is 0. The average molecular weight is 338 g/mol. The summed E-state index contributed by atoms with van der Waals surface area (Å²) in [6.07, 6.45) is 7.53. The average Bonchev–Trinajstić information content (AvgIpc) is 3.34. The lowest BCUT2D eigenvalue weighted by atomic mass is 10.1. The molecule has 0 radical (unpaired) electrons. The zero-order chi connectivity index (χ0) is 17.1. The van der Waals surface area contributed by atoms with E-state index in [-0.39, 0.29) is 11.9 Å². The van der Waals surface area contributed by atoms with E-state index in [9.17, 15) is 4.79 Å². The molecule has 8 nitrogen and oxygen atoms in total. The molecule has 0 saturated heterocycles. The summed E-state index contributed by atoms with van der Waals surface area (Å²) in [5.74, 6) is 0.826. The predicted octanol–water partition coefficient (Wildman–Crippen LogP) is 1.65. The second-order valence-corrected chi connectivity index (χ2v) is 5.87. The monoisotopic (exact) mass is 338 g/mol. The van der Waals surface area contributed by atoms with Crippen molar-refractivity contribution in [2.75, 3.05) is 18.0 Å². The normalized spacial score (nSPS) is 16.5. The van der Waals surface area contributed by atoms with Crippen molar-refractivity contribution in [1.82, 2.24) is 25.1 Å². The largest absolute Gasteiger partial charge is 0.459 e. The Morgan fingerprint density at radius 1 is 1.24 bits per heavy atom. The van der Waals surface area contributed by atoms with Crippen LogP contribution < -0.4 is 10.2 Å². The van der Waals surface area contributed by atoms with Gasteiger partial charge in [0.15, 0.2) is 5.76 Å². The predicted molar refractivity (Wildman–Crippen MR) is 90.0 cm³/mol. The lowest BCUT2D eigenvalue weighted by Crippen LogP contribution is -2.40. The van der Waals surface area contributed by atoms with Crippen LogP contribution in [0.4, 0.5) is 5.95 Å². The van der Waals surface area contributed by atoms with Gasteiger partial charge in [-0.05, 0) is 30.7 Å². The first-order valence-electron chi connectivity index (χ1n) is 8.17. The minimum Gasteiger partial charge on any atom is -0.459 e. The molecule has 0 saturated carbocycles. The van der Waals surface area contributed by atoms with Gasteiger partial charge in [0.25, 0.3) is 5.91 Å². The molecule has 3 aromatic heterocycles. The Balaban J connectivity index is 1.43. The number of hydrogen-bond acceptors (Lipinski definition) is 6. The molecule has 3 aromatic rings. The highest BCUT2D eigenvalue weighted by Crippen LogP contribution is 2.25. The Bertz CT molecular complexity index is 830. The summed E-state index contributed by atoms with van der Waals surface area (Å²) in [4.78, 5) is 22.8. The molecule has 1 aliphatic heterocycles. The molecule has 25 heavy (non-hydrogen) atoms. The van der Waals surface area contributed by atoms with E-state index in [1.165, 1.54) is 6.26 Å². The number of fused-ring (bicyclic) bond motifs is 1. The molecule has 0 aromatic carbocycles. The van der Waals surface area contributed by atoms with Gasteiger partial charge in [0.1, 0.15) is 0 Å². The van der Waals surface area contributed by atoms with Crippen LogP contribution in [0.15, 0.2) is 53.5 Å². The highest BCUT2D eigenvalue weighted by atomic mass is 16.3. The molecule has 1 unspecified atom stereocenters. The Kier molecular flexibility index (Phi) is 4.16. The third-order valence-electron chi connectivity index (χ3n) is 4.23. The summed E-state index contributed by atoms with van der Waals surface area (Å²) in [6.45, 7) is 2.00. The maximum Gasteiger partial charge on any atom is 0.286 e. The van der Waals surface area contributed by atoms with Crippen molar-refractivity contribution in [1.29, 1.82) is 0 Å². The fourth-order valence-electron chi connectivity index (χ4n) is 3.06. The van der Waals surface area contributed by atoms with E-state index < -0.39 is 0 Å². The van der Waals surface area contributed by atoms with E-state index in [2.05, 4.69) is 25.3 Å². The Hall–Kier alpha value is -3.16. The number of carbonyl (C=O) groups is 1. The van der Waals surface area contributed by atoms with Gasteiger partial charge in [-0.25, -0.2) is 9.97 Å². The summed E-state index contributed by atoms with van der Waals surface area (Å²) < 4.78 is 7.13. The summed E-state index contributed by atoms with van der Waals surface area (Å²) in [5.41, 5.74) is 1.11. The molecule has 1 N–H and O–H groups in total. The smallest absolute Gasteiger partial charge is 0.286 e. The van der Waals surface area contributed by atoms with Crippen LogP contribution in [0.1, 0.15) is 28.7 Å². The van der Waals surface area contributed by atoms with Crippen LogP contribution in [0.2, 0.25) is 0 Å². The van der Waals surface area contributed by atoms with Crippen molar-refractivity contribution < 1.29 is 9.21 Å². The maximum absolute atomic E-state index is 12.0. The molecular weight excluding hydrogens is 320 g/mol. The van der Waals surface area contributed by atoms with E-state index in [4.69, 9.17) is 4.42 Å². The molecule has 1 amide bonds. The van der Waals surface area contributed by atoms with Crippen molar-refractivity contribution >= 4 is 11.9 Å². The number of hydrogen-bond donors (Lipinski definition) is 1.